The average Bonchev–Trinajstić information content (AvgIpc) is 3.06. The first-order valence-corrected chi connectivity index (χ1v) is 10.3. The number of nitrogens with one attached hydrogen (secondary N) is 1. The first-order chi connectivity index (χ1) is 13.2. The number of hydrogen-bond acceptors (Lipinski definition) is 4. The van der Waals surface area contributed by atoms with Crippen LogP contribution >= 0.6 is 0 Å². The van der Waals surface area contributed by atoms with Crippen LogP contribution in [0.4, 0.5) is 0 Å². The van der Waals surface area contributed by atoms with E-state index in [4.69, 9.17) is 9.72 Å². The fourth-order valence-corrected chi connectivity index (χ4v) is 4.35. The summed E-state index contributed by atoms with van der Waals surface area (Å²) in [6, 6.07) is 6.29. The van der Waals surface area contributed by atoms with E-state index >= 15 is 0 Å². The summed E-state index contributed by atoms with van der Waals surface area (Å²) in [4.78, 5) is 19.9. The van der Waals surface area contributed by atoms with Crippen LogP contribution in [0.1, 0.15) is 54.7 Å². The molecule has 1 aromatic carbocycles. The molecular weight excluding hydrogens is 340 g/mol. The van der Waals surface area contributed by atoms with Gasteiger partial charge in [-0.1, -0.05) is 19.3 Å². The van der Waals surface area contributed by atoms with Gasteiger partial charge in [0.05, 0.1) is 17.6 Å². The van der Waals surface area contributed by atoms with E-state index in [0.29, 0.717) is 6.04 Å². The molecule has 1 saturated carbocycles. The molecule has 2 aromatic rings. The minimum absolute atomic E-state index is 0.0379. The average molecular weight is 370 g/mol. The van der Waals surface area contributed by atoms with Crippen LogP contribution < -0.4 is 5.32 Å². The van der Waals surface area contributed by atoms with Crippen LogP contribution in [0.3, 0.4) is 0 Å². The highest BCUT2D eigenvalue weighted by Crippen LogP contribution is 2.23. The minimum Gasteiger partial charge on any atom is -0.385 e. The third kappa shape index (κ3) is 4.17. The van der Waals surface area contributed by atoms with Gasteiger partial charge in [-0.05, 0) is 37.5 Å². The van der Waals surface area contributed by atoms with E-state index in [-0.39, 0.29) is 5.91 Å². The van der Waals surface area contributed by atoms with Crippen LogP contribution in [0.25, 0.3) is 11.0 Å². The van der Waals surface area contributed by atoms with Gasteiger partial charge in [0.1, 0.15) is 5.82 Å². The van der Waals surface area contributed by atoms with Gasteiger partial charge in [0, 0.05) is 45.0 Å². The number of nitrogens with zero attached hydrogens (tertiary/aromatic N) is 3. The first-order valence-electron chi connectivity index (χ1n) is 10.3. The molecule has 0 unspecified atom stereocenters. The number of aromatic nitrogens is 2. The van der Waals surface area contributed by atoms with Gasteiger partial charge >= 0.3 is 0 Å². The molecule has 2 aliphatic rings. The largest absolute Gasteiger partial charge is 0.385 e. The number of carbonyl (C=O) groups excluding carboxylic acids is 1. The summed E-state index contributed by atoms with van der Waals surface area (Å²) in [7, 11) is 1.75. The summed E-state index contributed by atoms with van der Waals surface area (Å²) in [5.41, 5.74) is 2.79. The monoisotopic (exact) mass is 370 g/mol. The van der Waals surface area contributed by atoms with Crippen molar-refractivity contribution in [3.8, 4) is 0 Å². The molecule has 0 atom stereocenters. The Morgan fingerprint density at radius 1 is 1.26 bits per heavy atom. The molecule has 4 rings (SSSR count). The molecule has 146 valence electrons. The lowest BCUT2D eigenvalue weighted by molar-refractivity contribution is 0.0928. The summed E-state index contributed by atoms with van der Waals surface area (Å²) in [5.74, 6) is 1.13. The molecule has 1 aliphatic carbocycles. The van der Waals surface area contributed by atoms with Gasteiger partial charge in [-0.25, -0.2) is 4.98 Å². The zero-order valence-corrected chi connectivity index (χ0v) is 16.2. The molecule has 1 aromatic heterocycles. The Balaban J connectivity index is 1.46. The van der Waals surface area contributed by atoms with Gasteiger partial charge in [0.2, 0.25) is 0 Å². The number of amides is 1. The normalized spacial score (nSPS) is 18.6. The molecule has 1 aliphatic heterocycles. The smallest absolute Gasteiger partial charge is 0.251 e. The summed E-state index contributed by atoms with van der Waals surface area (Å²) in [5, 5.41) is 3.20. The molecule has 6 nitrogen and oxygen atoms in total. The van der Waals surface area contributed by atoms with Crippen LogP contribution in [0, 0.1) is 0 Å². The van der Waals surface area contributed by atoms with Crippen LogP contribution in [0.15, 0.2) is 18.2 Å². The van der Waals surface area contributed by atoms with E-state index in [1.165, 1.54) is 19.3 Å². The van der Waals surface area contributed by atoms with E-state index in [0.717, 1.165) is 74.5 Å². The van der Waals surface area contributed by atoms with E-state index in [1.807, 2.05) is 12.1 Å². The zero-order chi connectivity index (χ0) is 18.6. The molecular formula is C21H30N4O2. The fourth-order valence-electron chi connectivity index (χ4n) is 4.35. The van der Waals surface area contributed by atoms with Gasteiger partial charge in [0.25, 0.3) is 5.91 Å². The highest BCUT2D eigenvalue weighted by atomic mass is 16.5. The Labute approximate surface area is 160 Å². The Morgan fingerprint density at radius 2 is 2.11 bits per heavy atom. The molecule has 0 radical (unpaired) electrons. The number of carbonyl (C=O) groups is 1. The number of fused-ring (bicyclic) bond motifs is 3. The van der Waals surface area contributed by atoms with Crippen LogP contribution in [0.5, 0.6) is 0 Å². The van der Waals surface area contributed by atoms with E-state index in [2.05, 4.69) is 20.9 Å². The number of methoxy groups -OCH3 is 1. The predicted octanol–water partition coefficient (Wildman–Crippen LogP) is 2.95. The number of rotatable bonds is 6. The standard InChI is InChI=1S/C21H30N4O2/c1-27-13-5-10-24-11-12-25-19-9-8-16(14-18(19)23-20(25)15-24)21(26)22-17-6-3-2-4-7-17/h8-9,14,17H,2-7,10-13,15H2,1H3,(H,22,26). The van der Waals surface area contributed by atoms with Gasteiger partial charge in [-0.15, -0.1) is 0 Å². The van der Waals surface area contributed by atoms with Crippen molar-refractivity contribution >= 4 is 16.9 Å². The number of benzene rings is 1. The summed E-state index contributed by atoms with van der Waals surface area (Å²) >= 11 is 0. The third-order valence-corrected chi connectivity index (χ3v) is 5.86. The van der Waals surface area contributed by atoms with Crippen molar-refractivity contribution in [2.24, 2.45) is 0 Å². The fraction of sp³-hybridized carbons (Fsp3) is 0.619. The summed E-state index contributed by atoms with van der Waals surface area (Å²) in [6.45, 7) is 4.68. The second-order valence-electron chi connectivity index (χ2n) is 7.81. The Hall–Kier alpha value is -1.92. The van der Waals surface area contributed by atoms with Crippen LogP contribution in [-0.4, -0.2) is 53.2 Å². The molecule has 27 heavy (non-hydrogen) atoms. The molecule has 0 saturated heterocycles. The van der Waals surface area contributed by atoms with E-state index < -0.39 is 0 Å². The molecule has 2 heterocycles. The van der Waals surface area contributed by atoms with Crippen molar-refractivity contribution in [1.29, 1.82) is 0 Å². The van der Waals surface area contributed by atoms with Crippen molar-refractivity contribution in [3.63, 3.8) is 0 Å². The van der Waals surface area contributed by atoms with Crippen molar-refractivity contribution in [2.45, 2.75) is 57.7 Å². The number of ether oxygens (including phenoxy) is 1. The molecule has 1 N–H and O–H groups in total. The van der Waals surface area contributed by atoms with Crippen molar-refractivity contribution in [3.05, 3.63) is 29.6 Å². The first kappa shape index (κ1) is 18.4. The lowest BCUT2D eigenvalue weighted by Gasteiger charge is -2.27. The molecule has 6 heteroatoms. The molecule has 0 spiro atoms. The minimum atomic E-state index is 0.0379. The maximum atomic E-state index is 12.6. The second kappa shape index (κ2) is 8.40. The predicted molar refractivity (Wildman–Crippen MR) is 106 cm³/mol. The van der Waals surface area contributed by atoms with Crippen molar-refractivity contribution in [2.75, 3.05) is 26.8 Å². The van der Waals surface area contributed by atoms with Gasteiger partial charge in [-0.2, -0.15) is 0 Å². The van der Waals surface area contributed by atoms with Crippen LogP contribution in [0.2, 0.25) is 0 Å². The highest BCUT2D eigenvalue weighted by molar-refractivity contribution is 5.97. The maximum Gasteiger partial charge on any atom is 0.251 e. The second-order valence-corrected chi connectivity index (χ2v) is 7.81. The van der Waals surface area contributed by atoms with Crippen LogP contribution in [-0.2, 0) is 17.8 Å². The Kier molecular flexibility index (Phi) is 5.74. The highest BCUT2D eigenvalue weighted by Gasteiger charge is 2.21. The molecule has 1 amide bonds. The van der Waals surface area contributed by atoms with Crippen molar-refractivity contribution < 1.29 is 9.53 Å². The lowest BCUT2D eigenvalue weighted by atomic mass is 9.95. The number of imidazole rings is 1. The van der Waals surface area contributed by atoms with E-state index in [1.54, 1.807) is 7.11 Å². The maximum absolute atomic E-state index is 12.6. The summed E-state index contributed by atoms with van der Waals surface area (Å²) < 4.78 is 7.45. The van der Waals surface area contributed by atoms with Gasteiger partial charge in [-0.3, -0.25) is 9.69 Å². The number of hydrogen-bond donors (Lipinski definition) is 1. The zero-order valence-electron chi connectivity index (χ0n) is 16.2. The topological polar surface area (TPSA) is 59.4 Å². The van der Waals surface area contributed by atoms with E-state index in [9.17, 15) is 4.79 Å². The SMILES string of the molecule is COCCCN1CCn2c(nc3cc(C(=O)NC4CCCCC4)ccc32)C1. The van der Waals surface area contributed by atoms with Crippen molar-refractivity contribution in [1.82, 2.24) is 19.8 Å². The lowest BCUT2D eigenvalue weighted by Crippen LogP contribution is -2.36. The molecule has 1 fully saturated rings. The Morgan fingerprint density at radius 3 is 2.93 bits per heavy atom. The van der Waals surface area contributed by atoms with Gasteiger partial charge < -0.3 is 14.6 Å². The summed E-state index contributed by atoms with van der Waals surface area (Å²) in [6.07, 6.45) is 6.98. The van der Waals surface area contributed by atoms with Gasteiger partial charge in [0.15, 0.2) is 0 Å². The third-order valence-electron chi connectivity index (χ3n) is 5.86. The molecule has 0 bridgehead atoms. The Bertz CT molecular complexity index is 795. The quantitative estimate of drug-likeness (QED) is 0.794.